The van der Waals surface area contributed by atoms with Gasteiger partial charge < -0.3 is 20.7 Å². The predicted molar refractivity (Wildman–Crippen MR) is 142 cm³/mol. The maximum atomic E-state index is 12.8. The SMILES string of the molecule is C#CC/C(OC)=C(\C=C/C(C)N1CCCN(C)CCC1)Nc1nnc(C(=O)c2cccc(N)c2)s1. The Morgan fingerprint density at radius 1 is 1.31 bits per heavy atom. The van der Waals surface area contributed by atoms with Gasteiger partial charge in [-0.2, -0.15) is 0 Å². The first kappa shape index (κ1) is 26.4. The van der Waals surface area contributed by atoms with Crippen molar-refractivity contribution in [1.29, 1.82) is 0 Å². The van der Waals surface area contributed by atoms with E-state index in [-0.39, 0.29) is 16.8 Å². The third kappa shape index (κ3) is 7.65. The summed E-state index contributed by atoms with van der Waals surface area (Å²) in [5.74, 6) is 3.02. The first-order valence-electron chi connectivity index (χ1n) is 11.7. The molecule has 1 aliphatic heterocycles. The largest absolute Gasteiger partial charge is 0.498 e. The van der Waals surface area contributed by atoms with Crippen molar-refractivity contribution in [2.45, 2.75) is 32.2 Å². The number of aromatic nitrogens is 2. The van der Waals surface area contributed by atoms with Crippen molar-refractivity contribution in [3.8, 4) is 12.3 Å². The monoisotopic (exact) mass is 494 g/mol. The first-order chi connectivity index (χ1) is 16.9. The predicted octanol–water partition coefficient (Wildman–Crippen LogP) is 3.62. The van der Waals surface area contributed by atoms with E-state index in [1.165, 1.54) is 11.3 Å². The summed E-state index contributed by atoms with van der Waals surface area (Å²) in [6.45, 7) is 6.53. The van der Waals surface area contributed by atoms with E-state index in [9.17, 15) is 4.79 Å². The van der Waals surface area contributed by atoms with E-state index in [0.717, 1.165) is 39.0 Å². The lowest BCUT2D eigenvalue weighted by Crippen LogP contribution is -2.39. The van der Waals surface area contributed by atoms with Crippen LogP contribution in [0.5, 0.6) is 0 Å². The van der Waals surface area contributed by atoms with Gasteiger partial charge in [0, 0.05) is 17.3 Å². The Morgan fingerprint density at radius 3 is 2.71 bits per heavy atom. The molecule has 1 aromatic carbocycles. The van der Waals surface area contributed by atoms with Crippen LogP contribution >= 0.6 is 11.3 Å². The lowest BCUT2D eigenvalue weighted by molar-refractivity contribution is 0.103. The smallest absolute Gasteiger partial charge is 0.223 e. The van der Waals surface area contributed by atoms with Gasteiger partial charge in [0.25, 0.3) is 0 Å². The van der Waals surface area contributed by atoms with Crippen molar-refractivity contribution < 1.29 is 9.53 Å². The molecule has 2 heterocycles. The van der Waals surface area contributed by atoms with Crippen LogP contribution in [-0.2, 0) is 4.74 Å². The number of nitrogen functional groups attached to an aromatic ring is 1. The van der Waals surface area contributed by atoms with Crippen LogP contribution in [0, 0.1) is 12.3 Å². The van der Waals surface area contributed by atoms with Crippen LogP contribution in [-0.4, -0.2) is 72.2 Å². The van der Waals surface area contributed by atoms with E-state index in [2.05, 4.69) is 51.3 Å². The fourth-order valence-electron chi connectivity index (χ4n) is 3.93. The molecule has 3 N–H and O–H groups in total. The number of allylic oxidation sites excluding steroid dienone is 2. The minimum Gasteiger partial charge on any atom is -0.498 e. The Balaban J connectivity index is 1.76. The van der Waals surface area contributed by atoms with E-state index in [4.69, 9.17) is 16.9 Å². The van der Waals surface area contributed by atoms with E-state index >= 15 is 0 Å². The summed E-state index contributed by atoms with van der Waals surface area (Å²) in [5, 5.41) is 12.2. The zero-order chi connectivity index (χ0) is 25.2. The van der Waals surface area contributed by atoms with E-state index in [1.807, 2.05) is 6.08 Å². The van der Waals surface area contributed by atoms with Gasteiger partial charge >= 0.3 is 0 Å². The topological polar surface area (TPSA) is 96.6 Å². The second-order valence-corrected chi connectivity index (χ2v) is 9.54. The van der Waals surface area contributed by atoms with Crippen molar-refractivity contribution in [1.82, 2.24) is 20.0 Å². The molecule has 186 valence electrons. The number of anilines is 2. The fourth-order valence-corrected chi connectivity index (χ4v) is 4.65. The number of nitrogens with zero attached hydrogens (tertiary/aromatic N) is 4. The summed E-state index contributed by atoms with van der Waals surface area (Å²) < 4.78 is 5.57. The molecule has 35 heavy (non-hydrogen) atoms. The second kappa shape index (κ2) is 13.0. The minimum atomic E-state index is -0.226. The molecule has 9 heteroatoms. The lowest BCUT2D eigenvalue weighted by atomic mass is 10.1. The van der Waals surface area contributed by atoms with Crippen LogP contribution in [0.2, 0.25) is 0 Å². The molecule has 1 unspecified atom stereocenters. The van der Waals surface area contributed by atoms with Gasteiger partial charge in [-0.25, -0.2) is 0 Å². The first-order valence-corrected chi connectivity index (χ1v) is 12.5. The molecule has 1 fully saturated rings. The van der Waals surface area contributed by atoms with Crippen LogP contribution in [0.3, 0.4) is 0 Å². The molecule has 0 bridgehead atoms. The lowest BCUT2D eigenvalue weighted by Gasteiger charge is -2.31. The zero-order valence-corrected chi connectivity index (χ0v) is 21.5. The molecule has 1 aromatic heterocycles. The molecule has 1 saturated heterocycles. The summed E-state index contributed by atoms with van der Waals surface area (Å²) in [6.07, 6.45) is 12.3. The Morgan fingerprint density at radius 2 is 2.06 bits per heavy atom. The molecule has 0 spiro atoms. The number of carbonyl (C=O) groups is 1. The number of nitrogens with one attached hydrogen (secondary N) is 1. The quantitative estimate of drug-likeness (QED) is 0.179. The van der Waals surface area contributed by atoms with Gasteiger partial charge in [0.1, 0.15) is 5.76 Å². The molecular formula is C26H34N6O2S. The highest BCUT2D eigenvalue weighted by Gasteiger charge is 2.18. The Hall–Kier alpha value is -3.19. The average Bonchev–Trinajstić information content (AvgIpc) is 3.30. The number of carbonyl (C=O) groups excluding carboxylic acids is 1. The highest BCUT2D eigenvalue weighted by molar-refractivity contribution is 7.17. The highest BCUT2D eigenvalue weighted by atomic mass is 32.1. The molecular weight excluding hydrogens is 460 g/mol. The average molecular weight is 495 g/mol. The maximum absolute atomic E-state index is 12.8. The number of ether oxygens (including phenoxy) is 1. The number of nitrogens with two attached hydrogens (primary N) is 1. The number of ketones is 1. The van der Waals surface area contributed by atoms with Gasteiger partial charge in [-0.3, -0.25) is 9.69 Å². The number of methoxy groups -OCH3 is 1. The number of rotatable bonds is 9. The Kier molecular flexibility index (Phi) is 9.85. The summed E-state index contributed by atoms with van der Waals surface area (Å²) in [6, 6.07) is 7.06. The van der Waals surface area contributed by atoms with Gasteiger partial charge in [0.05, 0.1) is 19.2 Å². The van der Waals surface area contributed by atoms with Gasteiger partial charge in [-0.1, -0.05) is 35.5 Å². The summed E-state index contributed by atoms with van der Waals surface area (Å²) in [5.41, 5.74) is 7.50. The van der Waals surface area contributed by atoms with Crippen molar-refractivity contribution >= 4 is 27.9 Å². The number of hydrogen-bond donors (Lipinski definition) is 2. The van der Waals surface area contributed by atoms with Crippen molar-refractivity contribution in [3.63, 3.8) is 0 Å². The van der Waals surface area contributed by atoms with E-state index < -0.39 is 0 Å². The normalized spacial score (nSPS) is 17.2. The fraction of sp³-hybridized carbons (Fsp3) is 0.423. The van der Waals surface area contributed by atoms with Gasteiger partial charge in [-0.15, -0.1) is 16.6 Å². The number of hydrogen-bond acceptors (Lipinski definition) is 9. The van der Waals surface area contributed by atoms with Gasteiger partial charge in [0.15, 0.2) is 5.01 Å². The van der Waals surface area contributed by atoms with E-state index in [0.29, 0.717) is 34.3 Å². The molecule has 0 radical (unpaired) electrons. The standard InChI is InChI=1S/C26H34N6O2S/c1-5-9-23(34-4)22(13-12-19(2)32-16-7-14-31(3)15-8-17-32)28-26-30-29-25(35-26)24(33)20-10-6-11-21(27)18-20/h1,6,10-13,18-19H,7-9,14-17,27H2,2-4H3,(H,28,30)/b13-12-,23-22-. The summed E-state index contributed by atoms with van der Waals surface area (Å²) >= 11 is 1.17. The minimum absolute atomic E-state index is 0.226. The molecule has 0 aliphatic carbocycles. The van der Waals surface area contributed by atoms with Crippen molar-refractivity contribution in [2.75, 3.05) is 51.4 Å². The third-order valence-electron chi connectivity index (χ3n) is 5.91. The molecule has 1 atom stereocenters. The Labute approximate surface area is 211 Å². The highest BCUT2D eigenvalue weighted by Crippen LogP contribution is 2.23. The van der Waals surface area contributed by atoms with Gasteiger partial charge in [-0.05, 0) is 71.2 Å². The van der Waals surface area contributed by atoms with Crippen molar-refractivity contribution in [2.24, 2.45) is 0 Å². The molecule has 1 aliphatic rings. The molecule has 8 nitrogen and oxygen atoms in total. The summed E-state index contributed by atoms with van der Waals surface area (Å²) in [7, 11) is 3.77. The van der Waals surface area contributed by atoms with Gasteiger partial charge in [0.2, 0.25) is 10.9 Å². The van der Waals surface area contributed by atoms with E-state index in [1.54, 1.807) is 31.4 Å². The number of terminal acetylenes is 1. The zero-order valence-electron chi connectivity index (χ0n) is 20.7. The Bertz CT molecular complexity index is 1090. The molecule has 2 aromatic rings. The van der Waals surface area contributed by atoms with Crippen LogP contribution in [0.25, 0.3) is 0 Å². The summed E-state index contributed by atoms with van der Waals surface area (Å²) in [4.78, 5) is 17.7. The molecule has 0 saturated carbocycles. The molecule has 3 rings (SSSR count). The second-order valence-electron chi connectivity index (χ2n) is 8.56. The van der Waals surface area contributed by atoms with Crippen LogP contribution < -0.4 is 11.1 Å². The van der Waals surface area contributed by atoms with Crippen molar-refractivity contribution in [3.05, 3.63) is 58.4 Å². The number of benzene rings is 1. The van der Waals surface area contributed by atoms with Crippen LogP contribution in [0.1, 0.15) is 41.6 Å². The van der Waals surface area contributed by atoms with Crippen LogP contribution in [0.15, 0.2) is 47.9 Å². The third-order valence-corrected chi connectivity index (χ3v) is 6.74. The van der Waals surface area contributed by atoms with Crippen LogP contribution in [0.4, 0.5) is 10.8 Å². The molecule has 0 amide bonds. The maximum Gasteiger partial charge on any atom is 0.223 e.